The van der Waals surface area contributed by atoms with Gasteiger partial charge < -0.3 is 15.8 Å². The SMILES string of the molecule is COc1cccc(F)c1C(=O)NC1C(C)(C)C(N)C1(C)C. The lowest BCUT2D eigenvalue weighted by molar-refractivity contribution is -0.0664. The van der Waals surface area contributed by atoms with Crippen molar-refractivity contribution >= 4 is 5.91 Å². The van der Waals surface area contributed by atoms with Crippen LogP contribution in [0.4, 0.5) is 4.39 Å². The number of hydrogen-bond acceptors (Lipinski definition) is 3. The number of carbonyl (C=O) groups is 1. The van der Waals surface area contributed by atoms with Gasteiger partial charge in [0.15, 0.2) is 0 Å². The first-order valence-electron chi connectivity index (χ1n) is 7.03. The highest BCUT2D eigenvalue weighted by Gasteiger charge is 2.60. The summed E-state index contributed by atoms with van der Waals surface area (Å²) >= 11 is 0. The highest BCUT2D eigenvalue weighted by molar-refractivity contribution is 5.97. The molecule has 1 fully saturated rings. The molecule has 4 nitrogen and oxygen atoms in total. The Labute approximate surface area is 124 Å². The number of nitrogens with two attached hydrogens (primary N) is 1. The first-order chi connectivity index (χ1) is 9.64. The van der Waals surface area contributed by atoms with Crippen molar-refractivity contribution in [3.05, 3.63) is 29.6 Å². The standard InChI is InChI=1S/C16H23FN2O2/c1-15(2)13(18)16(3,4)14(15)19-12(20)11-9(17)7-6-8-10(11)21-5/h6-8,13-14H,18H2,1-5H3,(H,19,20). The fourth-order valence-corrected chi connectivity index (χ4v) is 3.65. The van der Waals surface area contributed by atoms with Gasteiger partial charge in [0.2, 0.25) is 0 Å². The first-order valence-corrected chi connectivity index (χ1v) is 7.03. The Bertz CT molecular complexity index is 553. The molecule has 0 atom stereocenters. The topological polar surface area (TPSA) is 64.3 Å². The molecule has 0 radical (unpaired) electrons. The van der Waals surface area contributed by atoms with Gasteiger partial charge in [-0.15, -0.1) is 0 Å². The van der Waals surface area contributed by atoms with Crippen LogP contribution in [0.15, 0.2) is 18.2 Å². The quantitative estimate of drug-likeness (QED) is 0.899. The predicted octanol–water partition coefficient (Wildman–Crippen LogP) is 2.33. The van der Waals surface area contributed by atoms with Crippen LogP contribution in [0, 0.1) is 16.6 Å². The van der Waals surface area contributed by atoms with Gasteiger partial charge in [-0.05, 0) is 12.1 Å². The highest BCUT2D eigenvalue weighted by Crippen LogP contribution is 2.52. The zero-order chi connectivity index (χ0) is 16.0. The highest BCUT2D eigenvalue weighted by atomic mass is 19.1. The first kappa shape index (κ1) is 15.8. The van der Waals surface area contributed by atoms with Gasteiger partial charge in [-0.1, -0.05) is 33.8 Å². The van der Waals surface area contributed by atoms with Crippen LogP contribution >= 0.6 is 0 Å². The molecule has 0 bridgehead atoms. The molecule has 1 saturated carbocycles. The van der Waals surface area contributed by atoms with Crippen molar-refractivity contribution in [3.63, 3.8) is 0 Å². The molecule has 0 aliphatic heterocycles. The maximum atomic E-state index is 14.0. The Kier molecular flexibility index (Phi) is 3.74. The van der Waals surface area contributed by atoms with Gasteiger partial charge in [-0.2, -0.15) is 0 Å². The van der Waals surface area contributed by atoms with Crippen molar-refractivity contribution in [2.24, 2.45) is 16.6 Å². The van der Waals surface area contributed by atoms with Crippen LogP contribution in [0.3, 0.4) is 0 Å². The van der Waals surface area contributed by atoms with E-state index >= 15 is 0 Å². The fourth-order valence-electron chi connectivity index (χ4n) is 3.65. The number of methoxy groups -OCH3 is 1. The van der Waals surface area contributed by atoms with Crippen LogP contribution in [0.1, 0.15) is 38.1 Å². The molecule has 0 spiro atoms. The van der Waals surface area contributed by atoms with Crippen LogP contribution in [0.5, 0.6) is 5.75 Å². The van der Waals surface area contributed by atoms with E-state index in [-0.39, 0.29) is 34.2 Å². The molecule has 116 valence electrons. The third kappa shape index (κ3) is 2.29. The molecule has 1 amide bonds. The summed E-state index contributed by atoms with van der Waals surface area (Å²) in [4.78, 5) is 12.5. The summed E-state index contributed by atoms with van der Waals surface area (Å²) in [6, 6.07) is 4.17. The van der Waals surface area contributed by atoms with Crippen molar-refractivity contribution in [3.8, 4) is 5.75 Å². The van der Waals surface area contributed by atoms with Gasteiger partial charge in [-0.3, -0.25) is 4.79 Å². The molecule has 0 saturated heterocycles. The minimum Gasteiger partial charge on any atom is -0.496 e. The summed E-state index contributed by atoms with van der Waals surface area (Å²) in [6.07, 6.45) is 0. The number of ether oxygens (including phenoxy) is 1. The Hall–Kier alpha value is -1.62. The second-order valence-electron chi connectivity index (χ2n) is 6.84. The number of nitrogens with one attached hydrogen (secondary N) is 1. The van der Waals surface area contributed by atoms with Crippen LogP contribution in [0.25, 0.3) is 0 Å². The van der Waals surface area contributed by atoms with Crippen molar-refractivity contribution in [2.75, 3.05) is 7.11 Å². The lowest BCUT2D eigenvalue weighted by atomic mass is 9.48. The number of amides is 1. The zero-order valence-corrected chi connectivity index (χ0v) is 13.2. The normalized spacial score (nSPS) is 25.9. The van der Waals surface area contributed by atoms with E-state index in [4.69, 9.17) is 10.5 Å². The molecule has 1 aliphatic rings. The van der Waals surface area contributed by atoms with Gasteiger partial charge in [0.25, 0.3) is 5.91 Å². The number of rotatable bonds is 3. The lowest BCUT2D eigenvalue weighted by Gasteiger charge is -2.62. The Morgan fingerprint density at radius 2 is 1.86 bits per heavy atom. The molecule has 1 aromatic carbocycles. The summed E-state index contributed by atoms with van der Waals surface area (Å²) in [5.41, 5.74) is 5.63. The van der Waals surface area contributed by atoms with Crippen molar-refractivity contribution in [2.45, 2.75) is 39.8 Å². The Balaban J connectivity index is 2.28. The van der Waals surface area contributed by atoms with Crippen LogP contribution in [0.2, 0.25) is 0 Å². The van der Waals surface area contributed by atoms with E-state index in [0.29, 0.717) is 0 Å². The van der Waals surface area contributed by atoms with Crippen molar-refractivity contribution in [1.29, 1.82) is 0 Å². The molecule has 0 unspecified atom stereocenters. The van der Waals surface area contributed by atoms with E-state index in [9.17, 15) is 9.18 Å². The van der Waals surface area contributed by atoms with Crippen LogP contribution in [-0.4, -0.2) is 25.1 Å². The average molecular weight is 294 g/mol. The Morgan fingerprint density at radius 1 is 1.29 bits per heavy atom. The molecule has 21 heavy (non-hydrogen) atoms. The Morgan fingerprint density at radius 3 is 2.38 bits per heavy atom. The third-order valence-corrected chi connectivity index (χ3v) is 4.79. The summed E-state index contributed by atoms with van der Waals surface area (Å²) in [5, 5.41) is 2.92. The average Bonchev–Trinajstić information content (AvgIpc) is 2.42. The number of hydrogen-bond donors (Lipinski definition) is 2. The zero-order valence-electron chi connectivity index (χ0n) is 13.2. The number of carbonyl (C=O) groups excluding carboxylic acids is 1. The van der Waals surface area contributed by atoms with E-state index < -0.39 is 11.7 Å². The summed E-state index contributed by atoms with van der Waals surface area (Å²) in [7, 11) is 1.42. The summed E-state index contributed by atoms with van der Waals surface area (Å²) in [5.74, 6) is -0.833. The number of halogens is 1. The molecular formula is C16H23FN2O2. The van der Waals surface area contributed by atoms with Gasteiger partial charge >= 0.3 is 0 Å². The molecule has 3 N–H and O–H groups in total. The maximum absolute atomic E-state index is 14.0. The van der Waals surface area contributed by atoms with Crippen molar-refractivity contribution < 1.29 is 13.9 Å². The van der Waals surface area contributed by atoms with E-state index in [2.05, 4.69) is 5.32 Å². The summed E-state index contributed by atoms with van der Waals surface area (Å²) < 4.78 is 19.0. The second kappa shape index (κ2) is 4.98. The number of benzene rings is 1. The minimum atomic E-state index is -0.592. The second-order valence-corrected chi connectivity index (χ2v) is 6.84. The largest absolute Gasteiger partial charge is 0.496 e. The van der Waals surface area contributed by atoms with Gasteiger partial charge in [0.1, 0.15) is 17.1 Å². The molecule has 1 aliphatic carbocycles. The predicted molar refractivity (Wildman–Crippen MR) is 79.7 cm³/mol. The molecule has 2 rings (SSSR count). The van der Waals surface area contributed by atoms with Crippen LogP contribution in [-0.2, 0) is 0 Å². The minimum absolute atomic E-state index is 0.0298. The molecular weight excluding hydrogens is 271 g/mol. The van der Waals surface area contributed by atoms with Gasteiger partial charge in [0.05, 0.1) is 7.11 Å². The van der Waals surface area contributed by atoms with E-state index in [1.807, 2.05) is 27.7 Å². The molecule has 0 heterocycles. The molecule has 5 heteroatoms. The van der Waals surface area contributed by atoms with Crippen LogP contribution < -0.4 is 15.8 Å². The monoisotopic (exact) mass is 294 g/mol. The fraction of sp³-hybridized carbons (Fsp3) is 0.562. The lowest BCUT2D eigenvalue weighted by Crippen LogP contribution is -2.76. The van der Waals surface area contributed by atoms with E-state index in [0.717, 1.165) is 0 Å². The maximum Gasteiger partial charge on any atom is 0.258 e. The molecule has 1 aromatic rings. The summed E-state index contributed by atoms with van der Waals surface area (Å²) in [6.45, 7) is 8.03. The van der Waals surface area contributed by atoms with Crippen molar-refractivity contribution in [1.82, 2.24) is 5.32 Å². The van der Waals surface area contributed by atoms with E-state index in [1.54, 1.807) is 6.07 Å². The third-order valence-electron chi connectivity index (χ3n) is 4.79. The van der Waals surface area contributed by atoms with E-state index in [1.165, 1.54) is 19.2 Å². The van der Waals surface area contributed by atoms with Gasteiger partial charge in [-0.25, -0.2) is 4.39 Å². The smallest absolute Gasteiger partial charge is 0.258 e. The molecule has 0 aromatic heterocycles. The van der Waals surface area contributed by atoms with Gasteiger partial charge in [0, 0.05) is 22.9 Å².